The molecule has 0 heterocycles. The average molecular weight is 445 g/mol. The number of hydrogen-bond acceptors (Lipinski definition) is 5. The van der Waals surface area contributed by atoms with Crippen LogP contribution in [0.2, 0.25) is 0 Å². The Balaban J connectivity index is 1.67. The van der Waals surface area contributed by atoms with Crippen molar-refractivity contribution in [3.8, 4) is 5.75 Å². The summed E-state index contributed by atoms with van der Waals surface area (Å²) in [6, 6.07) is 12.7. The van der Waals surface area contributed by atoms with Crippen molar-refractivity contribution in [3.05, 3.63) is 54.3 Å². The molecule has 8 heteroatoms. The Morgan fingerprint density at radius 3 is 2.44 bits per heavy atom. The lowest BCUT2D eigenvalue weighted by atomic mass is 9.82. The molecule has 0 spiro atoms. The van der Waals surface area contributed by atoms with Gasteiger partial charge in [0, 0.05) is 6.07 Å². The smallest absolute Gasteiger partial charge is 0.418 e. The Morgan fingerprint density at radius 1 is 1.06 bits per heavy atom. The van der Waals surface area contributed by atoms with E-state index >= 15 is 0 Å². The van der Waals surface area contributed by atoms with E-state index < -0.39 is 17.9 Å². The third-order valence-electron chi connectivity index (χ3n) is 5.47. The van der Waals surface area contributed by atoms with E-state index in [1.54, 1.807) is 30.3 Å². The molecule has 1 aliphatic rings. The van der Waals surface area contributed by atoms with E-state index in [1.807, 2.05) is 0 Å². The van der Waals surface area contributed by atoms with Gasteiger partial charge in [-0.25, -0.2) is 18.9 Å². The second kappa shape index (κ2) is 11.5. The van der Waals surface area contributed by atoms with Crippen LogP contribution in [0.4, 0.5) is 20.6 Å². The van der Waals surface area contributed by atoms with Gasteiger partial charge in [0.1, 0.15) is 18.2 Å². The van der Waals surface area contributed by atoms with Gasteiger partial charge in [-0.1, -0.05) is 18.6 Å². The zero-order valence-electron chi connectivity index (χ0n) is 18.0. The number of carboxylic acids is 1. The molecule has 2 aromatic carbocycles. The monoisotopic (exact) mass is 445 g/mol. The van der Waals surface area contributed by atoms with Crippen molar-refractivity contribution in [2.24, 2.45) is 11.8 Å². The number of anilines is 2. The lowest BCUT2D eigenvalue weighted by Gasteiger charge is -2.29. The largest absolute Gasteiger partial charge is 0.497 e. The molecule has 1 aliphatic carbocycles. The molecule has 172 valence electrons. The van der Waals surface area contributed by atoms with Crippen molar-refractivity contribution in [2.45, 2.75) is 25.7 Å². The Bertz CT molecular complexity index is 921. The second-order valence-corrected chi connectivity index (χ2v) is 7.90. The SMILES string of the molecule is COc1cccc(N(C(=O)OCC2CCCC(COCC(=O)O)C2)c2cccc(F)c2)c1. The number of amides is 1. The van der Waals surface area contributed by atoms with Gasteiger partial charge >= 0.3 is 12.1 Å². The van der Waals surface area contributed by atoms with Crippen LogP contribution in [-0.4, -0.2) is 44.1 Å². The van der Waals surface area contributed by atoms with Gasteiger partial charge in [0.05, 0.1) is 31.7 Å². The third-order valence-corrected chi connectivity index (χ3v) is 5.47. The van der Waals surface area contributed by atoms with Gasteiger partial charge in [0.2, 0.25) is 0 Å². The summed E-state index contributed by atoms with van der Waals surface area (Å²) < 4.78 is 30.0. The highest BCUT2D eigenvalue weighted by atomic mass is 19.1. The van der Waals surface area contributed by atoms with E-state index in [9.17, 15) is 14.0 Å². The van der Waals surface area contributed by atoms with Crippen molar-refractivity contribution in [2.75, 3.05) is 31.8 Å². The predicted molar refractivity (Wildman–Crippen MR) is 117 cm³/mol. The molecule has 1 fully saturated rings. The van der Waals surface area contributed by atoms with Gasteiger partial charge in [-0.3, -0.25) is 0 Å². The Kier molecular flexibility index (Phi) is 8.44. The van der Waals surface area contributed by atoms with Crippen molar-refractivity contribution in [1.82, 2.24) is 0 Å². The second-order valence-electron chi connectivity index (χ2n) is 7.90. The van der Waals surface area contributed by atoms with Gasteiger partial charge < -0.3 is 19.3 Å². The maximum Gasteiger partial charge on any atom is 0.418 e. The van der Waals surface area contributed by atoms with Crippen LogP contribution in [0, 0.1) is 17.7 Å². The zero-order valence-corrected chi connectivity index (χ0v) is 18.0. The highest BCUT2D eigenvalue weighted by Crippen LogP contribution is 2.32. The normalized spacial score (nSPS) is 18.1. The topological polar surface area (TPSA) is 85.3 Å². The van der Waals surface area contributed by atoms with Crippen molar-refractivity contribution >= 4 is 23.4 Å². The lowest BCUT2D eigenvalue weighted by Crippen LogP contribution is -2.30. The molecule has 1 saturated carbocycles. The first-order valence-corrected chi connectivity index (χ1v) is 10.6. The highest BCUT2D eigenvalue weighted by molar-refractivity contribution is 5.96. The van der Waals surface area contributed by atoms with Gasteiger partial charge in [0.25, 0.3) is 0 Å². The van der Waals surface area contributed by atoms with Crippen LogP contribution in [0.1, 0.15) is 25.7 Å². The van der Waals surface area contributed by atoms with Crippen LogP contribution in [0.5, 0.6) is 5.75 Å². The average Bonchev–Trinajstić information content (AvgIpc) is 2.78. The van der Waals surface area contributed by atoms with E-state index in [4.69, 9.17) is 19.3 Å². The number of aliphatic carboxylic acids is 1. The number of carboxylic acid groups (broad SMARTS) is 1. The number of hydrogen-bond donors (Lipinski definition) is 1. The minimum atomic E-state index is -0.985. The molecular weight excluding hydrogens is 417 g/mol. The number of rotatable bonds is 9. The maximum atomic E-state index is 13.9. The third kappa shape index (κ3) is 6.68. The molecule has 1 N–H and O–H groups in total. The fourth-order valence-electron chi connectivity index (χ4n) is 4.00. The molecule has 32 heavy (non-hydrogen) atoms. The van der Waals surface area contributed by atoms with Crippen LogP contribution in [-0.2, 0) is 14.3 Å². The lowest BCUT2D eigenvalue weighted by molar-refractivity contribution is -0.142. The molecule has 2 atom stereocenters. The van der Waals surface area contributed by atoms with Gasteiger partial charge in [-0.2, -0.15) is 0 Å². The molecule has 0 bridgehead atoms. The number of ether oxygens (including phenoxy) is 3. The molecule has 2 aromatic rings. The van der Waals surface area contributed by atoms with E-state index in [0.29, 0.717) is 23.7 Å². The molecule has 0 aromatic heterocycles. The van der Waals surface area contributed by atoms with Crippen LogP contribution < -0.4 is 9.64 Å². The van der Waals surface area contributed by atoms with Crippen LogP contribution in [0.3, 0.4) is 0 Å². The van der Waals surface area contributed by atoms with Crippen molar-refractivity contribution in [3.63, 3.8) is 0 Å². The fourth-order valence-corrected chi connectivity index (χ4v) is 4.00. The fraction of sp³-hybridized carbons (Fsp3) is 0.417. The predicted octanol–water partition coefficient (Wildman–Crippen LogP) is 5.02. The van der Waals surface area contributed by atoms with E-state index in [-0.39, 0.29) is 25.0 Å². The van der Waals surface area contributed by atoms with Crippen LogP contribution in [0.25, 0.3) is 0 Å². The molecule has 0 radical (unpaired) electrons. The van der Waals surface area contributed by atoms with Crippen LogP contribution >= 0.6 is 0 Å². The molecule has 2 unspecified atom stereocenters. The van der Waals surface area contributed by atoms with E-state index in [1.165, 1.54) is 30.2 Å². The zero-order chi connectivity index (χ0) is 22.9. The Hall–Kier alpha value is -3.13. The molecular formula is C24H28FNO6. The number of carbonyl (C=O) groups excluding carboxylic acids is 1. The quantitative estimate of drug-likeness (QED) is 0.584. The number of nitrogens with zero attached hydrogens (tertiary/aromatic N) is 1. The summed E-state index contributed by atoms with van der Waals surface area (Å²) in [5.74, 6) is -0.482. The van der Waals surface area contributed by atoms with E-state index in [0.717, 1.165) is 25.7 Å². The minimum absolute atomic E-state index is 0.158. The van der Waals surface area contributed by atoms with Gasteiger partial charge in [0.15, 0.2) is 0 Å². The highest BCUT2D eigenvalue weighted by Gasteiger charge is 2.26. The summed E-state index contributed by atoms with van der Waals surface area (Å²) in [5.41, 5.74) is 0.857. The Labute approximate surface area is 186 Å². The molecule has 7 nitrogen and oxygen atoms in total. The number of methoxy groups -OCH3 is 1. The molecule has 0 aliphatic heterocycles. The summed E-state index contributed by atoms with van der Waals surface area (Å²) in [4.78, 5) is 25.0. The molecule has 0 saturated heterocycles. The number of carbonyl (C=O) groups is 2. The van der Waals surface area contributed by atoms with E-state index in [2.05, 4.69) is 0 Å². The first-order chi connectivity index (χ1) is 15.5. The summed E-state index contributed by atoms with van der Waals surface area (Å²) in [7, 11) is 1.53. The minimum Gasteiger partial charge on any atom is -0.497 e. The molecule has 3 rings (SSSR count). The summed E-state index contributed by atoms with van der Waals surface area (Å²) in [6.45, 7) is 0.305. The Morgan fingerprint density at radius 2 is 1.75 bits per heavy atom. The van der Waals surface area contributed by atoms with Crippen molar-refractivity contribution in [1.29, 1.82) is 0 Å². The first kappa shape index (κ1) is 23.5. The summed E-state index contributed by atoms with van der Waals surface area (Å²) in [6.07, 6.45) is 3.04. The van der Waals surface area contributed by atoms with Gasteiger partial charge in [-0.05, 0) is 61.4 Å². The first-order valence-electron chi connectivity index (χ1n) is 10.6. The number of benzene rings is 2. The van der Waals surface area contributed by atoms with Crippen LogP contribution in [0.15, 0.2) is 48.5 Å². The van der Waals surface area contributed by atoms with Crippen molar-refractivity contribution < 1.29 is 33.3 Å². The summed E-state index contributed by atoms with van der Waals surface area (Å²) >= 11 is 0. The summed E-state index contributed by atoms with van der Waals surface area (Å²) in [5, 5.41) is 8.71. The number of halogens is 1. The maximum absolute atomic E-state index is 13.9. The molecule has 1 amide bonds. The van der Waals surface area contributed by atoms with Gasteiger partial charge in [-0.15, -0.1) is 0 Å². The standard InChI is InChI=1S/C24H28FNO6/c1-30-22-10-4-9-21(13-22)26(20-8-3-7-19(25)12-20)24(29)32-15-18-6-2-5-17(11-18)14-31-16-23(27)28/h3-4,7-10,12-13,17-18H,2,5-6,11,14-16H2,1H3,(H,27,28).